The second-order valence-corrected chi connectivity index (χ2v) is 6.32. The number of carbonyl (C=O) groups excluding carboxylic acids is 4. The number of hydrogen-bond donors (Lipinski definition) is 1. The van der Waals surface area contributed by atoms with Crippen LogP contribution >= 0.6 is 0 Å². The normalized spacial score (nSPS) is 23.5. The van der Waals surface area contributed by atoms with Crippen LogP contribution in [-0.4, -0.2) is 57.0 Å². The second-order valence-electron chi connectivity index (χ2n) is 6.32. The van der Waals surface area contributed by atoms with Crippen LogP contribution in [-0.2, 0) is 33.3 Å². The molecule has 2 unspecified atom stereocenters. The standard InChI is InChI=1S/C15H23NO8/c1-15(2,3)24-14(20)16-10(13(19)23-6)7-8(11(17)21-4)9(7)12(18)22-5/h7-10H,1-6H3,(H,16,20)/t7?,8?,9?,10-/m1/s1. The van der Waals surface area contributed by atoms with Gasteiger partial charge in [0, 0.05) is 5.92 Å². The van der Waals surface area contributed by atoms with Gasteiger partial charge in [0.05, 0.1) is 33.2 Å². The molecule has 1 aliphatic rings. The lowest BCUT2D eigenvalue weighted by Crippen LogP contribution is -2.46. The quantitative estimate of drug-likeness (QED) is 0.557. The zero-order valence-electron chi connectivity index (χ0n) is 14.6. The third-order valence-electron chi connectivity index (χ3n) is 3.53. The molecule has 0 aromatic rings. The van der Waals surface area contributed by atoms with Crippen molar-refractivity contribution in [1.29, 1.82) is 0 Å². The predicted octanol–water partition coefficient (Wildman–Crippen LogP) is 0.261. The minimum atomic E-state index is -1.24. The molecule has 1 rings (SSSR count). The lowest BCUT2D eigenvalue weighted by molar-refractivity contribution is -0.148. The largest absolute Gasteiger partial charge is 0.469 e. The molecule has 0 bridgehead atoms. The fourth-order valence-electron chi connectivity index (χ4n) is 2.50. The highest BCUT2D eigenvalue weighted by molar-refractivity contribution is 5.92. The van der Waals surface area contributed by atoms with Crippen LogP contribution in [0.3, 0.4) is 0 Å². The summed E-state index contributed by atoms with van der Waals surface area (Å²) in [5, 5.41) is 2.35. The summed E-state index contributed by atoms with van der Waals surface area (Å²) in [6, 6.07) is -1.24. The Morgan fingerprint density at radius 3 is 1.67 bits per heavy atom. The molecule has 0 aromatic heterocycles. The van der Waals surface area contributed by atoms with Crippen molar-refractivity contribution < 1.29 is 38.1 Å². The maximum absolute atomic E-state index is 12.0. The molecule has 1 amide bonds. The van der Waals surface area contributed by atoms with Gasteiger partial charge in [0.15, 0.2) is 0 Å². The van der Waals surface area contributed by atoms with Crippen LogP contribution in [0.4, 0.5) is 4.79 Å². The van der Waals surface area contributed by atoms with Crippen molar-refractivity contribution in [2.75, 3.05) is 21.3 Å². The van der Waals surface area contributed by atoms with Crippen LogP contribution in [0.2, 0.25) is 0 Å². The van der Waals surface area contributed by atoms with Gasteiger partial charge in [-0.25, -0.2) is 9.59 Å². The zero-order chi connectivity index (χ0) is 18.7. The Morgan fingerprint density at radius 2 is 1.33 bits per heavy atom. The van der Waals surface area contributed by atoms with Gasteiger partial charge >= 0.3 is 24.0 Å². The molecule has 9 heteroatoms. The lowest BCUT2D eigenvalue weighted by atomic mass is 10.1. The Labute approximate surface area is 139 Å². The maximum atomic E-state index is 12.0. The number of esters is 3. The van der Waals surface area contributed by atoms with Crippen LogP contribution in [0, 0.1) is 17.8 Å². The Bertz CT molecular complexity index is 502. The van der Waals surface area contributed by atoms with E-state index in [9.17, 15) is 19.2 Å². The predicted molar refractivity (Wildman–Crippen MR) is 79.7 cm³/mol. The number of methoxy groups -OCH3 is 3. The summed E-state index contributed by atoms with van der Waals surface area (Å²) in [6.07, 6.45) is -0.864. The van der Waals surface area contributed by atoms with Gasteiger partial charge in [-0.2, -0.15) is 0 Å². The van der Waals surface area contributed by atoms with E-state index in [4.69, 9.17) is 4.74 Å². The number of alkyl carbamates (subject to hydrolysis) is 1. The summed E-state index contributed by atoms with van der Waals surface area (Å²) in [7, 11) is 3.47. The molecule has 1 aliphatic carbocycles. The minimum absolute atomic E-state index is 0.671. The van der Waals surface area contributed by atoms with Gasteiger partial charge in [0.25, 0.3) is 0 Å². The van der Waals surface area contributed by atoms with Gasteiger partial charge < -0.3 is 24.3 Å². The monoisotopic (exact) mass is 345 g/mol. The molecule has 0 heterocycles. The van der Waals surface area contributed by atoms with Crippen molar-refractivity contribution in [3.63, 3.8) is 0 Å². The van der Waals surface area contributed by atoms with Crippen LogP contribution in [0.15, 0.2) is 0 Å². The molecule has 0 saturated heterocycles. The average Bonchev–Trinajstić information content (AvgIpc) is 3.23. The number of nitrogens with one attached hydrogen (secondary N) is 1. The number of hydrogen-bond acceptors (Lipinski definition) is 8. The van der Waals surface area contributed by atoms with E-state index >= 15 is 0 Å². The second kappa shape index (κ2) is 7.50. The van der Waals surface area contributed by atoms with Crippen molar-refractivity contribution in [3.8, 4) is 0 Å². The van der Waals surface area contributed by atoms with Gasteiger partial charge in [-0.1, -0.05) is 0 Å². The van der Waals surface area contributed by atoms with Crippen LogP contribution in [0.1, 0.15) is 20.8 Å². The molecule has 0 aromatic carbocycles. The molecule has 3 atom stereocenters. The third kappa shape index (κ3) is 4.59. The van der Waals surface area contributed by atoms with Gasteiger partial charge in [-0.15, -0.1) is 0 Å². The summed E-state index contributed by atoms with van der Waals surface area (Å²) in [6.45, 7) is 4.97. The van der Waals surface area contributed by atoms with E-state index in [1.54, 1.807) is 20.8 Å². The SMILES string of the molecule is COC(=O)C1C(C(=O)OC)C1[C@@H](NC(=O)OC(C)(C)C)C(=O)OC. The highest BCUT2D eigenvalue weighted by Crippen LogP contribution is 2.50. The van der Waals surface area contributed by atoms with Crippen LogP contribution < -0.4 is 5.32 Å². The van der Waals surface area contributed by atoms with E-state index in [-0.39, 0.29) is 0 Å². The van der Waals surface area contributed by atoms with E-state index in [0.29, 0.717) is 0 Å². The van der Waals surface area contributed by atoms with Crippen molar-refractivity contribution in [2.24, 2.45) is 17.8 Å². The van der Waals surface area contributed by atoms with Crippen LogP contribution in [0.5, 0.6) is 0 Å². The Morgan fingerprint density at radius 1 is 0.875 bits per heavy atom. The summed E-state index contributed by atoms with van der Waals surface area (Å²) < 4.78 is 19.0. The highest BCUT2D eigenvalue weighted by atomic mass is 16.6. The van der Waals surface area contributed by atoms with Gasteiger partial charge in [0.2, 0.25) is 0 Å². The van der Waals surface area contributed by atoms with E-state index in [2.05, 4.69) is 19.5 Å². The fourth-order valence-corrected chi connectivity index (χ4v) is 2.50. The van der Waals surface area contributed by atoms with Crippen LogP contribution in [0.25, 0.3) is 0 Å². The summed E-state index contributed by atoms with van der Waals surface area (Å²) >= 11 is 0. The molecule has 0 radical (unpaired) electrons. The molecule has 0 spiro atoms. The smallest absolute Gasteiger partial charge is 0.408 e. The van der Waals surface area contributed by atoms with Gasteiger partial charge in [0.1, 0.15) is 11.6 Å². The summed E-state index contributed by atoms with van der Waals surface area (Å²) in [5.74, 6) is -4.77. The first-order chi connectivity index (χ1) is 11.1. The van der Waals surface area contributed by atoms with Crippen molar-refractivity contribution in [2.45, 2.75) is 32.4 Å². The summed E-state index contributed by atoms with van der Waals surface area (Å²) in [5.41, 5.74) is -0.780. The minimum Gasteiger partial charge on any atom is -0.469 e. The average molecular weight is 345 g/mol. The number of carbonyl (C=O) groups is 4. The summed E-state index contributed by atoms with van der Waals surface area (Å²) in [4.78, 5) is 47.6. The van der Waals surface area contributed by atoms with Crippen molar-refractivity contribution >= 4 is 24.0 Å². The third-order valence-corrected chi connectivity index (χ3v) is 3.53. The van der Waals surface area contributed by atoms with Gasteiger partial charge in [-0.3, -0.25) is 9.59 Å². The first-order valence-corrected chi connectivity index (χ1v) is 7.30. The topological polar surface area (TPSA) is 117 Å². The Balaban J connectivity index is 2.98. The maximum Gasteiger partial charge on any atom is 0.408 e. The first-order valence-electron chi connectivity index (χ1n) is 7.30. The van der Waals surface area contributed by atoms with Crippen molar-refractivity contribution in [1.82, 2.24) is 5.32 Å². The molecule has 1 fully saturated rings. The molecular weight excluding hydrogens is 322 g/mol. The number of ether oxygens (including phenoxy) is 4. The van der Waals surface area contributed by atoms with Crippen molar-refractivity contribution in [3.05, 3.63) is 0 Å². The molecule has 24 heavy (non-hydrogen) atoms. The molecular formula is C15H23NO8. The molecule has 9 nitrogen and oxygen atoms in total. The molecule has 0 aliphatic heterocycles. The Kier molecular flexibility index (Phi) is 6.16. The number of rotatable bonds is 5. The zero-order valence-corrected chi connectivity index (χ0v) is 14.6. The fraction of sp³-hybridized carbons (Fsp3) is 0.733. The highest BCUT2D eigenvalue weighted by Gasteiger charge is 2.65. The first kappa shape index (κ1) is 19.7. The van der Waals surface area contributed by atoms with E-state index in [0.717, 1.165) is 7.11 Å². The van der Waals surface area contributed by atoms with E-state index in [1.165, 1.54) is 14.2 Å². The van der Waals surface area contributed by atoms with E-state index < -0.39 is 53.4 Å². The molecule has 1 N–H and O–H groups in total. The number of amides is 1. The molecule has 1 saturated carbocycles. The Hall–Kier alpha value is -2.32. The van der Waals surface area contributed by atoms with E-state index in [1.807, 2.05) is 0 Å². The van der Waals surface area contributed by atoms with Gasteiger partial charge in [-0.05, 0) is 20.8 Å². The molecule has 136 valence electrons. The lowest BCUT2D eigenvalue weighted by Gasteiger charge is -2.22.